The Morgan fingerprint density at radius 3 is 2.74 bits per heavy atom. The van der Waals surface area contributed by atoms with Crippen LogP contribution in [0.1, 0.15) is 18.9 Å². The van der Waals surface area contributed by atoms with Crippen LogP contribution in [0.3, 0.4) is 0 Å². The van der Waals surface area contributed by atoms with Crippen molar-refractivity contribution < 1.29 is 34.0 Å². The maximum atomic E-state index is 11.6. The zero-order chi connectivity index (χ0) is 19.5. The summed E-state index contributed by atoms with van der Waals surface area (Å²) in [5.41, 5.74) is 0.949. The van der Waals surface area contributed by atoms with Gasteiger partial charge in [0.25, 0.3) is 0 Å². The van der Waals surface area contributed by atoms with Gasteiger partial charge < -0.3 is 34.5 Å². The number of aliphatic hydroxyl groups excluding tert-OH is 2. The van der Waals surface area contributed by atoms with Crippen molar-refractivity contribution in [2.24, 2.45) is 0 Å². The summed E-state index contributed by atoms with van der Waals surface area (Å²) >= 11 is 0. The van der Waals surface area contributed by atoms with E-state index in [4.69, 9.17) is 18.9 Å². The number of carbonyl (C=O) groups excluding carboxylic acids is 1. The molecule has 0 aromatic heterocycles. The van der Waals surface area contributed by atoms with Gasteiger partial charge in [-0.15, -0.1) is 0 Å². The Bertz CT molecular complexity index is 542. The number of hydrogen-bond acceptors (Lipinski definition) is 8. The lowest BCUT2D eigenvalue weighted by atomic mass is 10.0. The van der Waals surface area contributed by atoms with Gasteiger partial charge in [0, 0.05) is 13.0 Å². The topological polar surface area (TPSA) is 106 Å². The summed E-state index contributed by atoms with van der Waals surface area (Å²) in [7, 11) is 0. The fourth-order valence-corrected chi connectivity index (χ4v) is 2.54. The molecular weight excluding hydrogens is 354 g/mol. The zero-order valence-electron chi connectivity index (χ0n) is 15.6. The first-order valence-corrected chi connectivity index (χ1v) is 9.17. The van der Waals surface area contributed by atoms with Gasteiger partial charge >= 0.3 is 5.97 Å². The monoisotopic (exact) mass is 383 g/mol. The number of hydrogen-bond donors (Lipinski definition) is 3. The number of aliphatic hydroxyl groups is 2. The van der Waals surface area contributed by atoms with E-state index < -0.39 is 18.5 Å². The second-order valence-corrected chi connectivity index (χ2v) is 6.39. The maximum Gasteiger partial charge on any atom is 0.320 e. The fourth-order valence-electron chi connectivity index (χ4n) is 2.54. The molecule has 0 bridgehead atoms. The van der Waals surface area contributed by atoms with Crippen LogP contribution >= 0.6 is 0 Å². The van der Waals surface area contributed by atoms with Crippen molar-refractivity contribution in [3.63, 3.8) is 0 Å². The van der Waals surface area contributed by atoms with Crippen molar-refractivity contribution in [2.75, 3.05) is 32.9 Å². The highest BCUT2D eigenvalue weighted by Crippen LogP contribution is 2.20. The standard InChI is InChI=1S/C19H29NO7/c1-14-16(21)11-17(22)19(27-14)25-10-9-24-8-7-20-12-18(23)26-13-15-5-3-2-4-6-15/h2-6,14,16-17,19-22H,7-13H2,1H3/t14-,16?,17+,19?/m0/s1. The van der Waals surface area contributed by atoms with Crippen LogP contribution in [0.4, 0.5) is 0 Å². The average Bonchev–Trinajstić information content (AvgIpc) is 2.67. The first-order chi connectivity index (χ1) is 13.1. The van der Waals surface area contributed by atoms with Crippen LogP contribution in [-0.2, 0) is 30.3 Å². The average molecular weight is 383 g/mol. The van der Waals surface area contributed by atoms with Gasteiger partial charge in [0.2, 0.25) is 0 Å². The highest BCUT2D eigenvalue weighted by atomic mass is 16.7. The van der Waals surface area contributed by atoms with Gasteiger partial charge in [-0.05, 0) is 12.5 Å². The molecule has 152 valence electrons. The molecular formula is C19H29NO7. The number of carbonyl (C=O) groups is 1. The highest BCUT2D eigenvalue weighted by molar-refractivity contribution is 5.71. The van der Waals surface area contributed by atoms with Crippen molar-refractivity contribution in [3.05, 3.63) is 35.9 Å². The predicted octanol–water partition coefficient (Wildman–Crippen LogP) is 0.209. The first kappa shape index (κ1) is 21.7. The molecule has 1 heterocycles. The van der Waals surface area contributed by atoms with Crippen LogP contribution < -0.4 is 5.32 Å². The zero-order valence-corrected chi connectivity index (χ0v) is 15.6. The summed E-state index contributed by atoms with van der Waals surface area (Å²) in [6, 6.07) is 9.50. The summed E-state index contributed by atoms with van der Waals surface area (Å²) in [6.45, 7) is 3.65. The Morgan fingerprint density at radius 1 is 1.19 bits per heavy atom. The molecule has 8 heteroatoms. The van der Waals surface area contributed by atoms with Crippen LogP contribution in [0.25, 0.3) is 0 Å². The van der Waals surface area contributed by atoms with Crippen molar-refractivity contribution in [1.82, 2.24) is 5.32 Å². The third-order valence-electron chi connectivity index (χ3n) is 4.13. The third-order valence-corrected chi connectivity index (χ3v) is 4.13. The molecule has 1 saturated heterocycles. The van der Waals surface area contributed by atoms with Crippen LogP contribution in [0.15, 0.2) is 30.3 Å². The second kappa shape index (κ2) is 12.0. The SMILES string of the molecule is C[C@@H]1OC(OCCOCCNCC(=O)OCc2ccccc2)[C@H](O)CC1O. The molecule has 0 amide bonds. The molecule has 27 heavy (non-hydrogen) atoms. The molecule has 1 aliphatic rings. The van der Waals surface area contributed by atoms with Crippen LogP contribution in [0.2, 0.25) is 0 Å². The van der Waals surface area contributed by atoms with Crippen LogP contribution in [0.5, 0.6) is 0 Å². The molecule has 2 unspecified atom stereocenters. The summed E-state index contributed by atoms with van der Waals surface area (Å²) < 4.78 is 21.4. The lowest BCUT2D eigenvalue weighted by molar-refractivity contribution is -0.263. The van der Waals surface area contributed by atoms with Crippen molar-refractivity contribution in [1.29, 1.82) is 0 Å². The Kier molecular flexibility index (Phi) is 9.68. The minimum atomic E-state index is -0.847. The van der Waals surface area contributed by atoms with Gasteiger partial charge in [-0.1, -0.05) is 30.3 Å². The van der Waals surface area contributed by atoms with Crippen molar-refractivity contribution in [3.8, 4) is 0 Å². The van der Waals surface area contributed by atoms with Gasteiger partial charge in [-0.25, -0.2) is 0 Å². The Balaban J connectivity index is 1.43. The van der Waals surface area contributed by atoms with Gasteiger partial charge in [0.1, 0.15) is 12.7 Å². The van der Waals surface area contributed by atoms with E-state index in [-0.39, 0.29) is 38.3 Å². The number of benzene rings is 1. The number of nitrogens with one attached hydrogen (secondary N) is 1. The predicted molar refractivity (Wildman–Crippen MR) is 96.8 cm³/mol. The van der Waals surface area contributed by atoms with Gasteiger partial charge in [-0.2, -0.15) is 0 Å². The van der Waals surface area contributed by atoms with Gasteiger partial charge in [-0.3, -0.25) is 4.79 Å². The largest absolute Gasteiger partial charge is 0.460 e. The smallest absolute Gasteiger partial charge is 0.320 e. The Morgan fingerprint density at radius 2 is 1.96 bits per heavy atom. The molecule has 4 atom stereocenters. The van der Waals surface area contributed by atoms with Gasteiger partial charge in [0.05, 0.1) is 38.6 Å². The quantitative estimate of drug-likeness (QED) is 0.368. The summed E-state index contributed by atoms with van der Waals surface area (Å²) in [6.07, 6.45) is -2.41. The van der Waals surface area contributed by atoms with Crippen LogP contribution in [-0.4, -0.2) is 73.7 Å². The van der Waals surface area contributed by atoms with Crippen molar-refractivity contribution in [2.45, 2.75) is 44.6 Å². The molecule has 1 aromatic carbocycles. The van der Waals surface area contributed by atoms with Gasteiger partial charge in [0.15, 0.2) is 6.29 Å². The maximum absolute atomic E-state index is 11.6. The Hall–Kier alpha value is -1.55. The minimum absolute atomic E-state index is 0.120. The van der Waals surface area contributed by atoms with E-state index in [0.717, 1.165) is 5.56 Å². The molecule has 1 aromatic rings. The Labute approximate surface area is 159 Å². The lowest BCUT2D eigenvalue weighted by Gasteiger charge is -2.35. The molecule has 0 saturated carbocycles. The molecule has 3 N–H and O–H groups in total. The highest BCUT2D eigenvalue weighted by Gasteiger charge is 2.34. The molecule has 0 radical (unpaired) electrons. The van der Waals surface area contributed by atoms with Crippen LogP contribution in [0, 0.1) is 0 Å². The van der Waals surface area contributed by atoms with E-state index >= 15 is 0 Å². The van der Waals surface area contributed by atoms with E-state index in [2.05, 4.69) is 5.32 Å². The number of rotatable bonds is 11. The van der Waals surface area contributed by atoms with E-state index in [1.54, 1.807) is 6.92 Å². The molecule has 1 fully saturated rings. The van der Waals surface area contributed by atoms with E-state index in [1.807, 2.05) is 30.3 Å². The molecule has 0 aliphatic carbocycles. The lowest BCUT2D eigenvalue weighted by Crippen LogP contribution is -2.47. The number of ether oxygens (including phenoxy) is 4. The third kappa shape index (κ3) is 8.34. The molecule has 8 nitrogen and oxygen atoms in total. The fraction of sp³-hybridized carbons (Fsp3) is 0.632. The van der Waals surface area contributed by atoms with Crippen molar-refractivity contribution >= 4 is 5.97 Å². The molecule has 0 spiro atoms. The normalized spacial score (nSPS) is 25.3. The van der Waals surface area contributed by atoms with E-state index in [0.29, 0.717) is 19.8 Å². The number of esters is 1. The first-order valence-electron chi connectivity index (χ1n) is 9.17. The minimum Gasteiger partial charge on any atom is -0.460 e. The summed E-state index contributed by atoms with van der Waals surface area (Å²) in [5.74, 6) is -0.318. The summed E-state index contributed by atoms with van der Waals surface area (Å²) in [4.78, 5) is 11.6. The van der Waals surface area contributed by atoms with E-state index in [9.17, 15) is 15.0 Å². The molecule has 2 rings (SSSR count). The summed E-state index contributed by atoms with van der Waals surface area (Å²) in [5, 5.41) is 22.3. The second-order valence-electron chi connectivity index (χ2n) is 6.39. The van der Waals surface area contributed by atoms with E-state index in [1.165, 1.54) is 0 Å². The molecule has 1 aliphatic heterocycles.